The van der Waals surface area contributed by atoms with E-state index in [-0.39, 0.29) is 0 Å². The normalized spacial score (nSPS) is 11.3. The molecule has 6 heteroatoms. The Bertz CT molecular complexity index is 2870. The Morgan fingerprint density at radius 1 is 0.273 bits per heavy atom. The first-order chi connectivity index (χ1) is 27.2. The van der Waals surface area contributed by atoms with Crippen molar-refractivity contribution in [2.75, 3.05) is 0 Å². The van der Waals surface area contributed by atoms with Gasteiger partial charge in [0.15, 0.2) is 23.3 Å². The number of aromatic nitrogens is 5. The molecule has 258 valence electrons. The number of hydrogen-bond donors (Lipinski definition) is 0. The van der Waals surface area contributed by atoms with Crippen LogP contribution >= 0.6 is 11.3 Å². The van der Waals surface area contributed by atoms with Gasteiger partial charge in [0.2, 0.25) is 0 Å². The van der Waals surface area contributed by atoms with Crippen LogP contribution in [0.5, 0.6) is 0 Å². The summed E-state index contributed by atoms with van der Waals surface area (Å²) in [7, 11) is 0. The molecule has 5 nitrogen and oxygen atoms in total. The Balaban J connectivity index is 0.921. The molecule has 0 N–H and O–H groups in total. The van der Waals surface area contributed by atoms with Gasteiger partial charge in [-0.1, -0.05) is 182 Å². The molecule has 0 saturated heterocycles. The average Bonchev–Trinajstić information content (AvgIpc) is 3.66. The van der Waals surface area contributed by atoms with Crippen LogP contribution in [0.3, 0.4) is 0 Å². The summed E-state index contributed by atoms with van der Waals surface area (Å²) in [5.41, 5.74) is 10.4. The van der Waals surface area contributed by atoms with Crippen molar-refractivity contribution in [3.63, 3.8) is 0 Å². The number of rotatable bonds is 7. The van der Waals surface area contributed by atoms with E-state index in [1.165, 1.54) is 10.1 Å². The molecule has 0 atom stereocenters. The van der Waals surface area contributed by atoms with E-state index < -0.39 is 0 Å². The van der Waals surface area contributed by atoms with E-state index in [1.54, 1.807) is 11.3 Å². The molecule has 0 unspecified atom stereocenters. The van der Waals surface area contributed by atoms with Crippen molar-refractivity contribution in [3.05, 3.63) is 188 Å². The lowest BCUT2D eigenvalue weighted by Gasteiger charge is -2.10. The molecule has 55 heavy (non-hydrogen) atoms. The predicted octanol–water partition coefficient (Wildman–Crippen LogP) is 12.7. The first kappa shape index (κ1) is 32.5. The zero-order valence-electron chi connectivity index (χ0n) is 29.5. The topological polar surface area (TPSA) is 64.5 Å². The summed E-state index contributed by atoms with van der Waals surface area (Å²) in [5.74, 6) is 2.68. The highest BCUT2D eigenvalue weighted by Gasteiger charge is 2.17. The van der Waals surface area contributed by atoms with Crippen LogP contribution in [0.1, 0.15) is 0 Å². The van der Waals surface area contributed by atoms with Crippen LogP contribution in [0.4, 0.5) is 0 Å². The maximum atomic E-state index is 5.16. The molecule has 0 amide bonds. The second kappa shape index (κ2) is 14.0. The maximum Gasteiger partial charge on any atom is 0.164 e. The summed E-state index contributed by atoms with van der Waals surface area (Å²) >= 11 is 1.72. The van der Waals surface area contributed by atoms with E-state index in [1.807, 2.05) is 66.7 Å². The molecule has 0 aliphatic rings. The molecule has 0 fully saturated rings. The molecule has 0 bridgehead atoms. The lowest BCUT2D eigenvalue weighted by Crippen LogP contribution is -2.00. The largest absolute Gasteiger partial charge is 0.227 e. The van der Waals surface area contributed by atoms with Crippen LogP contribution in [-0.4, -0.2) is 24.9 Å². The Hall–Kier alpha value is -7.15. The molecule has 0 spiro atoms. The van der Waals surface area contributed by atoms with E-state index in [2.05, 4.69) is 121 Å². The van der Waals surface area contributed by atoms with Gasteiger partial charge in [0.05, 0.1) is 5.69 Å². The molecule has 7 aromatic carbocycles. The van der Waals surface area contributed by atoms with Crippen LogP contribution < -0.4 is 0 Å². The van der Waals surface area contributed by atoms with Gasteiger partial charge in [-0.25, -0.2) is 24.9 Å². The van der Waals surface area contributed by atoms with Crippen molar-refractivity contribution in [2.45, 2.75) is 0 Å². The molecule has 0 aliphatic heterocycles. The highest BCUT2D eigenvalue weighted by atomic mass is 32.1. The minimum absolute atomic E-state index is 0.642. The Morgan fingerprint density at radius 3 is 1.07 bits per heavy atom. The first-order valence-electron chi connectivity index (χ1n) is 18.2. The number of benzene rings is 7. The van der Waals surface area contributed by atoms with Crippen LogP contribution in [0.2, 0.25) is 0 Å². The monoisotopic (exact) mass is 721 g/mol. The number of thiophene rings is 1. The van der Waals surface area contributed by atoms with Gasteiger partial charge in [-0.15, -0.1) is 11.3 Å². The zero-order chi connectivity index (χ0) is 36.6. The predicted molar refractivity (Wildman–Crippen MR) is 226 cm³/mol. The van der Waals surface area contributed by atoms with Gasteiger partial charge < -0.3 is 0 Å². The van der Waals surface area contributed by atoms with Crippen LogP contribution in [-0.2, 0) is 0 Å². The minimum atomic E-state index is 0.642. The van der Waals surface area contributed by atoms with Crippen molar-refractivity contribution >= 4 is 31.6 Å². The molecule has 10 rings (SSSR count). The van der Waals surface area contributed by atoms with Gasteiger partial charge in [0.1, 0.15) is 4.83 Å². The molecule has 3 heterocycles. The number of fused-ring (bicyclic) bond motifs is 3. The van der Waals surface area contributed by atoms with Crippen LogP contribution in [0, 0.1) is 0 Å². The van der Waals surface area contributed by atoms with Gasteiger partial charge in [-0.3, -0.25) is 0 Å². The van der Waals surface area contributed by atoms with Gasteiger partial charge in [0, 0.05) is 43.3 Å². The Morgan fingerprint density at radius 2 is 0.618 bits per heavy atom. The van der Waals surface area contributed by atoms with Gasteiger partial charge >= 0.3 is 0 Å². The third-order valence-corrected chi connectivity index (χ3v) is 10.9. The van der Waals surface area contributed by atoms with Gasteiger partial charge in [0.25, 0.3) is 0 Å². The molecular formula is C49H31N5S. The summed E-state index contributed by atoms with van der Waals surface area (Å²) in [4.78, 5) is 25.8. The van der Waals surface area contributed by atoms with Gasteiger partial charge in [-0.05, 0) is 28.3 Å². The molecular weight excluding hydrogens is 691 g/mol. The molecule has 0 aliphatic carbocycles. The lowest BCUT2D eigenvalue weighted by atomic mass is 9.98. The fourth-order valence-corrected chi connectivity index (χ4v) is 8.05. The average molecular weight is 722 g/mol. The van der Waals surface area contributed by atoms with E-state index in [9.17, 15) is 0 Å². The molecule has 3 aromatic heterocycles. The number of hydrogen-bond acceptors (Lipinski definition) is 6. The van der Waals surface area contributed by atoms with Crippen molar-refractivity contribution < 1.29 is 0 Å². The maximum absolute atomic E-state index is 5.16. The fourth-order valence-electron chi connectivity index (χ4n) is 6.97. The van der Waals surface area contributed by atoms with Gasteiger partial charge in [-0.2, -0.15) is 0 Å². The molecule has 0 saturated carbocycles. The third-order valence-electron chi connectivity index (χ3n) is 9.82. The zero-order valence-corrected chi connectivity index (χ0v) is 30.4. The highest BCUT2D eigenvalue weighted by molar-refractivity contribution is 7.25. The fraction of sp³-hybridized carbons (Fsp3) is 0. The van der Waals surface area contributed by atoms with E-state index in [4.69, 9.17) is 24.9 Å². The summed E-state index contributed by atoms with van der Waals surface area (Å²) < 4.78 is 1.22. The lowest BCUT2D eigenvalue weighted by molar-refractivity contribution is 1.07. The number of nitrogens with zero attached hydrogens (tertiary/aromatic N) is 5. The third kappa shape index (κ3) is 6.35. The van der Waals surface area contributed by atoms with Crippen molar-refractivity contribution in [1.29, 1.82) is 0 Å². The standard InChI is InChI=1S/C49H31N5S/c1-4-12-36(13-5-1)44-43-41-18-10-11-19-42(41)55-49(43)54-45(50-44)39-28-24-34(25-29-39)32-20-22-33(23-21-32)35-26-30-40(31-27-35)48-52-46(37-14-6-2-7-15-37)51-47(53-48)38-16-8-3-9-17-38/h1-31H. The van der Waals surface area contributed by atoms with E-state index >= 15 is 0 Å². The smallest absolute Gasteiger partial charge is 0.164 e. The quantitative estimate of drug-likeness (QED) is 0.164. The summed E-state index contributed by atoms with van der Waals surface area (Å²) in [5, 5.41) is 2.31. The van der Waals surface area contributed by atoms with Crippen LogP contribution in [0.25, 0.3) is 99.4 Å². The van der Waals surface area contributed by atoms with Crippen LogP contribution in [0.15, 0.2) is 188 Å². The van der Waals surface area contributed by atoms with Crippen molar-refractivity contribution in [3.8, 4) is 79.1 Å². The van der Waals surface area contributed by atoms with E-state index in [0.717, 1.165) is 71.8 Å². The molecule has 0 radical (unpaired) electrons. The second-order valence-electron chi connectivity index (χ2n) is 13.3. The Kier molecular flexibility index (Phi) is 8.28. The summed E-state index contributed by atoms with van der Waals surface area (Å²) in [6.07, 6.45) is 0. The Labute approximate surface area is 322 Å². The summed E-state index contributed by atoms with van der Waals surface area (Å²) in [6, 6.07) is 64.7. The molecule has 10 aromatic rings. The minimum Gasteiger partial charge on any atom is -0.227 e. The second-order valence-corrected chi connectivity index (χ2v) is 14.3. The summed E-state index contributed by atoms with van der Waals surface area (Å²) in [6.45, 7) is 0. The highest BCUT2D eigenvalue weighted by Crippen LogP contribution is 2.39. The SMILES string of the molecule is c1ccc(-c2nc(-c3ccccc3)nc(-c3ccc(-c4ccc(-c5ccc(-c6nc(-c7ccccc7)c7c(n6)sc6ccccc67)cc5)cc4)cc3)n2)cc1. The van der Waals surface area contributed by atoms with Crippen molar-refractivity contribution in [2.24, 2.45) is 0 Å². The van der Waals surface area contributed by atoms with E-state index in [0.29, 0.717) is 17.5 Å². The van der Waals surface area contributed by atoms with Crippen molar-refractivity contribution in [1.82, 2.24) is 24.9 Å². The first-order valence-corrected chi connectivity index (χ1v) is 19.0.